The average molecular weight is 229 g/mol. The van der Waals surface area contributed by atoms with Crippen LogP contribution in [0.1, 0.15) is 12.8 Å². The molecule has 0 aromatic rings. The molecule has 1 aliphatic heterocycles. The lowest BCUT2D eigenvalue weighted by molar-refractivity contribution is -0.150. The van der Waals surface area contributed by atoms with Gasteiger partial charge in [0.15, 0.2) is 0 Å². The molecule has 0 saturated carbocycles. The number of carboxylic acids is 2. The summed E-state index contributed by atoms with van der Waals surface area (Å²) in [5.74, 6) is -2.73. The lowest BCUT2D eigenvalue weighted by Gasteiger charge is -2.36. The van der Waals surface area contributed by atoms with Crippen LogP contribution in [0.3, 0.4) is 0 Å². The summed E-state index contributed by atoms with van der Waals surface area (Å²) in [7, 11) is 0. The van der Waals surface area contributed by atoms with Crippen molar-refractivity contribution in [2.75, 3.05) is 0 Å². The first-order valence-electron chi connectivity index (χ1n) is 4.48. The zero-order valence-corrected chi connectivity index (χ0v) is 8.29. The average Bonchev–Trinajstić information content (AvgIpc) is 2.15. The Morgan fingerprint density at radius 2 is 1.44 bits per heavy atom. The first-order valence-corrected chi connectivity index (χ1v) is 4.48. The van der Waals surface area contributed by atoms with Gasteiger partial charge in [-0.25, -0.2) is 14.4 Å². The van der Waals surface area contributed by atoms with Crippen LogP contribution in [0.5, 0.6) is 0 Å². The Balaban J connectivity index is 3.08. The standard InChI is InChI=1S/C9H11NO6/c1-4-2-5(7(11)12)10(9(15)16)6(3-4)8(13)14/h5-6H,1-3H2,(H,11,12)(H,13,14)(H,15,16). The van der Waals surface area contributed by atoms with Crippen molar-refractivity contribution in [2.24, 2.45) is 0 Å². The maximum Gasteiger partial charge on any atom is 0.408 e. The van der Waals surface area contributed by atoms with Crippen molar-refractivity contribution in [1.82, 2.24) is 4.90 Å². The number of nitrogens with zero attached hydrogens (tertiary/aromatic N) is 1. The van der Waals surface area contributed by atoms with E-state index in [1.807, 2.05) is 0 Å². The minimum atomic E-state index is -1.55. The molecule has 1 saturated heterocycles. The molecule has 0 aliphatic carbocycles. The number of hydrogen-bond acceptors (Lipinski definition) is 3. The van der Waals surface area contributed by atoms with E-state index in [0.29, 0.717) is 10.5 Å². The highest BCUT2D eigenvalue weighted by atomic mass is 16.4. The highest BCUT2D eigenvalue weighted by Crippen LogP contribution is 2.26. The van der Waals surface area contributed by atoms with Crippen molar-refractivity contribution in [3.8, 4) is 0 Å². The van der Waals surface area contributed by atoms with Gasteiger partial charge in [0.05, 0.1) is 0 Å². The maximum absolute atomic E-state index is 10.9. The Morgan fingerprint density at radius 1 is 1.06 bits per heavy atom. The van der Waals surface area contributed by atoms with Gasteiger partial charge in [-0.1, -0.05) is 12.2 Å². The van der Waals surface area contributed by atoms with E-state index in [9.17, 15) is 14.4 Å². The molecule has 2 atom stereocenters. The van der Waals surface area contributed by atoms with Crippen LogP contribution in [0.4, 0.5) is 4.79 Å². The van der Waals surface area contributed by atoms with E-state index in [0.717, 1.165) is 0 Å². The van der Waals surface area contributed by atoms with Crippen molar-refractivity contribution >= 4 is 18.0 Å². The van der Waals surface area contributed by atoms with Gasteiger partial charge in [0, 0.05) is 0 Å². The first kappa shape index (κ1) is 12.0. The number of likely N-dealkylation sites (tertiary alicyclic amines) is 1. The van der Waals surface area contributed by atoms with Crippen LogP contribution in [0.15, 0.2) is 12.2 Å². The number of rotatable bonds is 2. The third-order valence-corrected chi connectivity index (χ3v) is 2.43. The fraction of sp³-hybridized carbons (Fsp3) is 0.444. The third-order valence-electron chi connectivity index (χ3n) is 2.43. The molecule has 7 nitrogen and oxygen atoms in total. The molecule has 1 rings (SSSR count). The summed E-state index contributed by atoms with van der Waals surface area (Å²) >= 11 is 0. The quantitative estimate of drug-likeness (QED) is 0.583. The summed E-state index contributed by atoms with van der Waals surface area (Å²) in [5.41, 5.74) is 0.428. The number of carboxylic acid groups (broad SMARTS) is 3. The molecule has 1 fully saturated rings. The van der Waals surface area contributed by atoms with E-state index in [-0.39, 0.29) is 12.8 Å². The molecule has 88 valence electrons. The van der Waals surface area contributed by atoms with Crippen LogP contribution in [0, 0.1) is 0 Å². The summed E-state index contributed by atoms with van der Waals surface area (Å²) in [4.78, 5) is 33.0. The number of aliphatic carboxylic acids is 2. The molecule has 0 aromatic carbocycles. The molecule has 1 amide bonds. The van der Waals surface area contributed by atoms with E-state index in [4.69, 9.17) is 15.3 Å². The smallest absolute Gasteiger partial charge is 0.408 e. The fourth-order valence-electron chi connectivity index (χ4n) is 1.72. The number of carbonyl (C=O) groups is 3. The van der Waals surface area contributed by atoms with Gasteiger partial charge in [0.25, 0.3) is 0 Å². The van der Waals surface area contributed by atoms with Crippen molar-refractivity contribution in [3.63, 3.8) is 0 Å². The molecular weight excluding hydrogens is 218 g/mol. The van der Waals surface area contributed by atoms with Gasteiger partial charge in [-0.2, -0.15) is 0 Å². The predicted octanol–water partition coefficient (Wildman–Crippen LogP) is 0.223. The molecule has 2 unspecified atom stereocenters. The first-order chi connectivity index (χ1) is 7.34. The SMILES string of the molecule is C=C1CC(C(=O)O)N(C(=O)O)C(C(=O)O)C1. The Kier molecular flexibility index (Phi) is 3.17. The molecular formula is C9H11NO6. The van der Waals surface area contributed by atoms with Crippen LogP contribution in [0.25, 0.3) is 0 Å². The Labute approximate surface area is 90.6 Å². The van der Waals surface area contributed by atoms with Crippen molar-refractivity contribution in [1.29, 1.82) is 0 Å². The van der Waals surface area contributed by atoms with Crippen molar-refractivity contribution in [3.05, 3.63) is 12.2 Å². The second kappa shape index (κ2) is 4.21. The normalized spacial score (nSPS) is 25.2. The Bertz CT molecular complexity index is 334. The van der Waals surface area contributed by atoms with Gasteiger partial charge < -0.3 is 15.3 Å². The van der Waals surface area contributed by atoms with Crippen molar-refractivity contribution < 1.29 is 29.7 Å². The highest BCUT2D eigenvalue weighted by Gasteiger charge is 2.43. The summed E-state index contributed by atoms with van der Waals surface area (Å²) in [5, 5.41) is 26.5. The Morgan fingerprint density at radius 3 is 1.69 bits per heavy atom. The zero-order valence-electron chi connectivity index (χ0n) is 8.29. The van der Waals surface area contributed by atoms with Crippen LogP contribution in [-0.2, 0) is 9.59 Å². The second-order valence-electron chi connectivity index (χ2n) is 3.56. The zero-order chi connectivity index (χ0) is 12.5. The molecule has 1 aliphatic rings. The van der Waals surface area contributed by atoms with Gasteiger partial charge in [-0.05, 0) is 12.8 Å². The van der Waals surface area contributed by atoms with Gasteiger partial charge >= 0.3 is 18.0 Å². The van der Waals surface area contributed by atoms with E-state index in [1.54, 1.807) is 0 Å². The van der Waals surface area contributed by atoms with Gasteiger partial charge in [-0.3, -0.25) is 4.90 Å². The summed E-state index contributed by atoms with van der Waals surface area (Å²) in [6.45, 7) is 3.53. The topological polar surface area (TPSA) is 115 Å². The molecule has 0 radical (unpaired) electrons. The van der Waals surface area contributed by atoms with E-state index < -0.39 is 30.1 Å². The molecule has 16 heavy (non-hydrogen) atoms. The molecule has 0 aromatic heterocycles. The minimum absolute atomic E-state index is 0.0502. The van der Waals surface area contributed by atoms with Gasteiger partial charge in [0.2, 0.25) is 0 Å². The second-order valence-corrected chi connectivity index (χ2v) is 3.56. The number of hydrogen-bond donors (Lipinski definition) is 3. The minimum Gasteiger partial charge on any atom is -0.480 e. The molecule has 0 spiro atoms. The highest BCUT2D eigenvalue weighted by molar-refractivity contribution is 5.86. The molecule has 0 bridgehead atoms. The number of piperidine rings is 1. The largest absolute Gasteiger partial charge is 0.480 e. The van der Waals surface area contributed by atoms with Crippen LogP contribution in [0.2, 0.25) is 0 Å². The third kappa shape index (κ3) is 2.13. The lowest BCUT2D eigenvalue weighted by atomic mass is 9.92. The molecule has 3 N–H and O–H groups in total. The Hall–Kier alpha value is -2.05. The summed E-state index contributed by atoms with van der Waals surface area (Å²) in [6, 6.07) is -2.75. The molecule has 7 heteroatoms. The van der Waals surface area contributed by atoms with E-state index in [1.165, 1.54) is 0 Å². The van der Waals surface area contributed by atoms with E-state index >= 15 is 0 Å². The number of amides is 1. The van der Waals surface area contributed by atoms with Gasteiger partial charge in [-0.15, -0.1) is 0 Å². The van der Waals surface area contributed by atoms with Crippen LogP contribution >= 0.6 is 0 Å². The van der Waals surface area contributed by atoms with Crippen LogP contribution in [-0.4, -0.2) is 50.3 Å². The monoisotopic (exact) mass is 229 g/mol. The molecule has 1 heterocycles. The van der Waals surface area contributed by atoms with Crippen molar-refractivity contribution in [2.45, 2.75) is 24.9 Å². The van der Waals surface area contributed by atoms with Crippen LogP contribution < -0.4 is 0 Å². The lowest BCUT2D eigenvalue weighted by Crippen LogP contribution is -2.56. The van der Waals surface area contributed by atoms with Gasteiger partial charge in [0.1, 0.15) is 12.1 Å². The predicted molar refractivity (Wildman–Crippen MR) is 51.1 cm³/mol. The maximum atomic E-state index is 10.9. The summed E-state index contributed by atoms with van der Waals surface area (Å²) < 4.78 is 0. The van der Waals surface area contributed by atoms with E-state index in [2.05, 4.69) is 6.58 Å². The summed E-state index contributed by atoms with van der Waals surface area (Å²) in [6.07, 6.45) is -1.65. The fourth-order valence-corrected chi connectivity index (χ4v) is 1.72.